The van der Waals surface area contributed by atoms with E-state index >= 15 is 0 Å². The Morgan fingerprint density at radius 1 is 0.655 bits per heavy atom. The van der Waals surface area contributed by atoms with E-state index in [1.807, 2.05) is 0 Å². The van der Waals surface area contributed by atoms with E-state index in [9.17, 15) is 0 Å². The van der Waals surface area contributed by atoms with Crippen LogP contribution in [0, 0.1) is 33.8 Å². The zero-order chi connectivity index (χ0) is 18.4. The number of allylic oxidation sites excluding steroid dienone is 4. The fourth-order valence-electron chi connectivity index (χ4n) is 4.55. The van der Waals surface area contributed by atoms with E-state index in [2.05, 4.69) is 90.6 Å². The molecule has 0 aliphatic heterocycles. The number of aryl methyl sites for hydroxylation is 4. The number of hydrogen-bond donors (Lipinski definition) is 0. The van der Waals surface area contributed by atoms with Gasteiger partial charge in [-0.1, -0.05) is 89.4 Å². The second-order valence-electron chi connectivity index (χ2n) is 8.01. The van der Waals surface area contributed by atoms with Gasteiger partial charge in [0.2, 0.25) is 0 Å². The van der Waals surface area contributed by atoms with Gasteiger partial charge >= 0.3 is 21.7 Å². The average Bonchev–Trinajstić information content (AvgIpc) is 2.84. The minimum atomic E-state index is -2.04. The normalized spacial score (nSPS) is 12.9. The molecule has 0 N–H and O–H groups in total. The predicted octanol–water partition coefficient (Wildman–Crippen LogP) is -3.87. The quantitative estimate of drug-likeness (QED) is 0.300. The van der Waals surface area contributed by atoms with Gasteiger partial charge < -0.3 is 37.2 Å². The molecule has 29 heavy (non-hydrogen) atoms. The van der Waals surface area contributed by atoms with E-state index in [1.165, 1.54) is 43.8 Å². The summed E-state index contributed by atoms with van der Waals surface area (Å²) in [6.45, 7) is 16.0. The first-order chi connectivity index (χ1) is 11.7. The summed E-state index contributed by atoms with van der Waals surface area (Å²) in [4.78, 5) is 0. The van der Waals surface area contributed by atoms with E-state index in [0.29, 0.717) is 0 Å². The molecular formula is C24H29Cl3SiTi. The van der Waals surface area contributed by atoms with Crippen molar-refractivity contribution >= 4 is 18.4 Å². The molecule has 154 valence electrons. The zero-order valence-corrected chi connectivity index (χ0v) is 23.1. The van der Waals surface area contributed by atoms with Crippen LogP contribution in [0.1, 0.15) is 42.5 Å². The van der Waals surface area contributed by atoms with Crippen LogP contribution in [0.15, 0.2) is 52.7 Å². The first-order valence-corrected chi connectivity index (χ1v) is 11.7. The van der Waals surface area contributed by atoms with Gasteiger partial charge in [-0.2, -0.15) is 10.8 Å². The monoisotopic (exact) mass is 498 g/mol. The molecule has 0 radical (unpaired) electrons. The van der Waals surface area contributed by atoms with Crippen LogP contribution in [0.25, 0.3) is 0 Å². The Bertz CT molecular complexity index is 824. The summed E-state index contributed by atoms with van der Waals surface area (Å²) < 4.78 is 0. The summed E-state index contributed by atoms with van der Waals surface area (Å²) in [5, 5.41) is 4.63. The maximum absolute atomic E-state index is 3.60. The van der Waals surface area contributed by atoms with Crippen LogP contribution < -0.4 is 47.6 Å². The van der Waals surface area contributed by atoms with Gasteiger partial charge in [-0.15, -0.1) is 6.42 Å². The minimum absolute atomic E-state index is 0. The van der Waals surface area contributed by atoms with Crippen LogP contribution in [-0.4, -0.2) is 8.07 Å². The standard InChI is InChI=1S/C24H29Si.3ClH.Ti/c1-16-10-17(2)13-22(12-16)25(7,24-20(5)8-9-21(24)6)23-14-18(3)11-19(4)15-23;;;;/h10-15H,8H2,1-7H3;3*1H;/q-1;;;;+4/p-3. The molecule has 3 rings (SSSR count). The van der Waals surface area contributed by atoms with Gasteiger partial charge in [-0.05, 0) is 27.7 Å². The van der Waals surface area contributed by atoms with E-state index in [1.54, 1.807) is 5.20 Å². The molecular weight excluding hydrogens is 471 g/mol. The van der Waals surface area contributed by atoms with Crippen LogP contribution in [0.3, 0.4) is 0 Å². The van der Waals surface area contributed by atoms with E-state index in [0.717, 1.165) is 6.42 Å². The molecule has 0 atom stereocenters. The van der Waals surface area contributed by atoms with Crippen molar-refractivity contribution in [2.75, 3.05) is 0 Å². The van der Waals surface area contributed by atoms with Crippen molar-refractivity contribution in [2.24, 2.45) is 0 Å². The fraction of sp³-hybridized carbons (Fsp3) is 0.333. The van der Waals surface area contributed by atoms with Gasteiger partial charge in [0.15, 0.2) is 0 Å². The second-order valence-corrected chi connectivity index (χ2v) is 11.9. The van der Waals surface area contributed by atoms with Gasteiger partial charge in [0.1, 0.15) is 0 Å². The Kier molecular flexibility index (Phi) is 12.7. The van der Waals surface area contributed by atoms with E-state index in [4.69, 9.17) is 0 Å². The number of halogens is 3. The largest absolute Gasteiger partial charge is 4.00 e. The second kappa shape index (κ2) is 11.9. The SMILES string of the molecule is CC1=[C-]CC(C)=C1[Si](C)(c1cc(C)cc(C)c1)c1cc(C)cc(C)c1.[Cl-].[Cl-].[Cl-].[Ti+4]. The van der Waals surface area contributed by atoms with E-state index < -0.39 is 8.07 Å². The molecule has 0 spiro atoms. The molecule has 0 saturated carbocycles. The molecule has 2 aromatic carbocycles. The molecule has 0 heterocycles. The third-order valence-electron chi connectivity index (χ3n) is 5.52. The number of rotatable bonds is 3. The molecule has 5 heteroatoms. The minimum Gasteiger partial charge on any atom is -1.00 e. The van der Waals surface area contributed by atoms with Gasteiger partial charge in [0, 0.05) is 0 Å². The maximum atomic E-state index is 3.60. The Morgan fingerprint density at radius 2 is 1.00 bits per heavy atom. The topological polar surface area (TPSA) is 0 Å². The van der Waals surface area contributed by atoms with Crippen LogP contribution in [-0.2, 0) is 21.7 Å². The average molecular weight is 500 g/mol. The smallest absolute Gasteiger partial charge is 1.00 e. The van der Waals surface area contributed by atoms with Crippen molar-refractivity contribution in [3.05, 3.63) is 81.1 Å². The van der Waals surface area contributed by atoms with E-state index in [-0.39, 0.29) is 58.9 Å². The van der Waals surface area contributed by atoms with Crippen molar-refractivity contribution < 1.29 is 58.9 Å². The number of hydrogen-bond acceptors (Lipinski definition) is 0. The summed E-state index contributed by atoms with van der Waals surface area (Å²) in [6.07, 6.45) is 4.59. The third-order valence-corrected chi connectivity index (χ3v) is 10.2. The van der Waals surface area contributed by atoms with Crippen molar-refractivity contribution in [3.8, 4) is 0 Å². The first kappa shape index (κ1) is 30.9. The van der Waals surface area contributed by atoms with Gasteiger partial charge in [0.25, 0.3) is 0 Å². The molecule has 0 saturated heterocycles. The molecule has 0 fully saturated rings. The number of benzene rings is 2. The molecule has 0 aromatic heterocycles. The van der Waals surface area contributed by atoms with Crippen LogP contribution in [0.5, 0.6) is 0 Å². The van der Waals surface area contributed by atoms with Gasteiger partial charge in [-0.25, -0.2) is 5.57 Å². The zero-order valence-electron chi connectivity index (χ0n) is 18.3. The van der Waals surface area contributed by atoms with Gasteiger partial charge in [0.05, 0.1) is 8.07 Å². The fourth-order valence-corrected chi connectivity index (χ4v) is 9.30. The summed E-state index contributed by atoms with van der Waals surface area (Å²) in [5.74, 6) is 0. The molecule has 0 bridgehead atoms. The van der Waals surface area contributed by atoms with Crippen molar-refractivity contribution in [2.45, 2.75) is 54.5 Å². The molecule has 1 aliphatic rings. The molecule has 1 aliphatic carbocycles. The Balaban J connectivity index is 0. The molecule has 0 nitrogen and oxygen atoms in total. The predicted molar refractivity (Wildman–Crippen MR) is 112 cm³/mol. The Hall–Kier alpha value is -0.279. The molecule has 0 unspecified atom stereocenters. The Labute approximate surface area is 211 Å². The third kappa shape index (κ3) is 6.12. The summed E-state index contributed by atoms with van der Waals surface area (Å²) >= 11 is 0. The maximum Gasteiger partial charge on any atom is 4.00 e. The first-order valence-electron chi connectivity index (χ1n) is 9.17. The van der Waals surface area contributed by atoms with Crippen molar-refractivity contribution in [3.63, 3.8) is 0 Å². The van der Waals surface area contributed by atoms with Crippen molar-refractivity contribution in [1.29, 1.82) is 0 Å². The van der Waals surface area contributed by atoms with Gasteiger partial charge in [-0.3, -0.25) is 6.08 Å². The van der Waals surface area contributed by atoms with Crippen LogP contribution >= 0.6 is 0 Å². The summed E-state index contributed by atoms with van der Waals surface area (Å²) in [5.41, 5.74) is 8.31. The Morgan fingerprint density at radius 3 is 1.28 bits per heavy atom. The molecule has 0 amide bonds. The molecule has 2 aromatic rings. The summed E-state index contributed by atoms with van der Waals surface area (Å²) in [7, 11) is -2.04. The van der Waals surface area contributed by atoms with Crippen molar-refractivity contribution in [1.82, 2.24) is 0 Å². The van der Waals surface area contributed by atoms with Crippen LogP contribution in [0.2, 0.25) is 6.55 Å². The van der Waals surface area contributed by atoms with Crippen LogP contribution in [0.4, 0.5) is 0 Å². The summed E-state index contributed by atoms with van der Waals surface area (Å²) in [6, 6.07) is 14.2.